The summed E-state index contributed by atoms with van der Waals surface area (Å²) in [6.07, 6.45) is 1.03. The summed E-state index contributed by atoms with van der Waals surface area (Å²) in [6.45, 7) is 2.63. The van der Waals surface area contributed by atoms with Crippen molar-refractivity contribution in [2.24, 2.45) is 0 Å². The topological polar surface area (TPSA) is 20.3 Å². The van der Waals surface area contributed by atoms with Gasteiger partial charge in [-0.25, -0.2) is 0 Å². The van der Waals surface area contributed by atoms with E-state index in [1.165, 1.54) is 5.56 Å². The van der Waals surface area contributed by atoms with Crippen molar-refractivity contribution in [1.82, 2.24) is 0 Å². The molecule has 0 aromatic heterocycles. The normalized spacial score (nSPS) is 14.4. The Morgan fingerprint density at radius 2 is 2.21 bits per heavy atom. The summed E-state index contributed by atoms with van der Waals surface area (Å²) < 4.78 is 0.997. The lowest BCUT2D eigenvalue weighted by atomic mass is 10.0. The van der Waals surface area contributed by atoms with Crippen molar-refractivity contribution < 1.29 is 4.79 Å². The van der Waals surface area contributed by atoms with Crippen LogP contribution in [0.4, 0.5) is 5.69 Å². The van der Waals surface area contributed by atoms with Gasteiger partial charge >= 0.3 is 0 Å². The molecule has 0 bridgehead atoms. The molecule has 0 N–H and O–H groups in total. The van der Waals surface area contributed by atoms with Crippen molar-refractivity contribution >= 4 is 27.4 Å². The average Bonchev–Trinajstić information content (AvgIpc) is 2.46. The number of carbonyl (C=O) groups excluding carboxylic acids is 1. The fourth-order valence-corrected chi connectivity index (χ4v) is 2.47. The number of ketones is 1. The van der Waals surface area contributed by atoms with Gasteiger partial charge in [-0.15, -0.1) is 0 Å². The van der Waals surface area contributed by atoms with E-state index in [0.717, 1.165) is 28.7 Å². The van der Waals surface area contributed by atoms with E-state index in [2.05, 4.69) is 26.9 Å². The van der Waals surface area contributed by atoms with Crippen molar-refractivity contribution in [2.45, 2.75) is 13.3 Å². The number of hydrogen-bond donors (Lipinski definition) is 0. The van der Waals surface area contributed by atoms with Crippen molar-refractivity contribution in [3.05, 3.63) is 27.7 Å². The molecular weight excluding hydrogens is 242 g/mol. The van der Waals surface area contributed by atoms with Crippen LogP contribution in [0, 0.1) is 0 Å². The number of carbonyl (C=O) groups is 1. The minimum absolute atomic E-state index is 0.135. The molecule has 2 rings (SSSR count). The van der Waals surface area contributed by atoms with Gasteiger partial charge in [0.25, 0.3) is 0 Å². The first kappa shape index (κ1) is 9.71. The Balaban J connectivity index is 2.65. The second-order valence-electron chi connectivity index (χ2n) is 3.69. The third-order valence-corrected chi connectivity index (χ3v) is 3.09. The Hall–Kier alpha value is -0.830. The summed E-state index contributed by atoms with van der Waals surface area (Å²) in [4.78, 5) is 13.6. The van der Waals surface area contributed by atoms with Crippen LogP contribution in [0.15, 0.2) is 16.6 Å². The summed E-state index contributed by atoms with van der Waals surface area (Å²) in [6, 6.07) is 4.01. The largest absolute Gasteiger partial charge is 0.373 e. The van der Waals surface area contributed by atoms with Gasteiger partial charge in [-0.3, -0.25) is 4.79 Å². The van der Waals surface area contributed by atoms with Gasteiger partial charge in [-0.2, -0.15) is 0 Å². The molecule has 0 aliphatic carbocycles. The number of nitrogens with zero attached hydrogens (tertiary/aromatic N) is 1. The molecule has 0 spiro atoms. The lowest BCUT2D eigenvalue weighted by molar-refractivity contribution is 0.101. The van der Waals surface area contributed by atoms with Gasteiger partial charge in [0.1, 0.15) is 0 Å². The minimum Gasteiger partial charge on any atom is -0.373 e. The summed E-state index contributed by atoms with van der Waals surface area (Å²) in [7, 11) is 2.03. The number of hydrogen-bond acceptors (Lipinski definition) is 2. The maximum absolute atomic E-state index is 11.5. The van der Waals surface area contributed by atoms with Crippen LogP contribution in [0.25, 0.3) is 0 Å². The molecule has 0 unspecified atom stereocenters. The van der Waals surface area contributed by atoms with Crippen LogP contribution in [0.3, 0.4) is 0 Å². The molecule has 0 amide bonds. The number of halogens is 1. The van der Waals surface area contributed by atoms with Crippen LogP contribution < -0.4 is 4.90 Å². The van der Waals surface area contributed by atoms with Crippen LogP contribution in [-0.4, -0.2) is 19.4 Å². The first-order chi connectivity index (χ1) is 6.59. The first-order valence-corrected chi connectivity index (χ1v) is 5.43. The predicted octanol–water partition coefficient (Wildman–Crippen LogP) is 2.64. The van der Waals surface area contributed by atoms with E-state index < -0.39 is 0 Å². The highest BCUT2D eigenvalue weighted by atomic mass is 79.9. The maximum atomic E-state index is 11.5. The molecule has 74 valence electrons. The highest BCUT2D eigenvalue weighted by Gasteiger charge is 2.21. The molecule has 0 saturated heterocycles. The van der Waals surface area contributed by atoms with Gasteiger partial charge < -0.3 is 4.90 Å². The highest BCUT2D eigenvalue weighted by Crippen LogP contribution is 2.33. The zero-order chi connectivity index (χ0) is 10.3. The first-order valence-electron chi connectivity index (χ1n) is 4.64. The number of fused-ring (bicyclic) bond motifs is 1. The average molecular weight is 254 g/mol. The fourth-order valence-electron chi connectivity index (χ4n) is 1.97. The van der Waals surface area contributed by atoms with E-state index in [1.54, 1.807) is 6.92 Å². The van der Waals surface area contributed by atoms with Crippen molar-refractivity contribution in [3.8, 4) is 0 Å². The smallest absolute Gasteiger partial charge is 0.161 e. The SMILES string of the molecule is CC(=O)c1cc(Br)cc2c1N(C)CC2. The van der Waals surface area contributed by atoms with Crippen molar-refractivity contribution in [1.29, 1.82) is 0 Å². The van der Waals surface area contributed by atoms with Crippen LogP contribution in [-0.2, 0) is 6.42 Å². The second kappa shape index (κ2) is 3.39. The third-order valence-electron chi connectivity index (χ3n) is 2.63. The Bertz CT molecular complexity index is 401. The molecule has 0 saturated carbocycles. The Morgan fingerprint density at radius 1 is 1.50 bits per heavy atom. The third kappa shape index (κ3) is 1.46. The molecule has 0 radical (unpaired) electrons. The second-order valence-corrected chi connectivity index (χ2v) is 4.60. The standard InChI is InChI=1S/C11H12BrNO/c1-7(14)10-6-9(12)5-8-3-4-13(2)11(8)10/h5-6H,3-4H2,1-2H3. The Labute approximate surface area is 92.0 Å². The van der Waals surface area contributed by atoms with E-state index in [9.17, 15) is 4.79 Å². The molecule has 1 heterocycles. The van der Waals surface area contributed by atoms with Crippen molar-refractivity contribution in [3.63, 3.8) is 0 Å². The number of likely N-dealkylation sites (N-methyl/N-ethyl adjacent to an activating group) is 1. The summed E-state index contributed by atoms with van der Waals surface area (Å²) >= 11 is 3.43. The Morgan fingerprint density at radius 3 is 2.86 bits per heavy atom. The number of anilines is 1. The molecular formula is C11H12BrNO. The number of rotatable bonds is 1. The quantitative estimate of drug-likeness (QED) is 0.718. The van der Waals surface area contributed by atoms with Crippen LogP contribution >= 0.6 is 15.9 Å². The molecule has 0 atom stereocenters. The van der Waals surface area contributed by atoms with Crippen molar-refractivity contribution in [2.75, 3.05) is 18.5 Å². The summed E-state index contributed by atoms with van der Waals surface area (Å²) in [5, 5.41) is 0. The van der Waals surface area contributed by atoms with E-state index in [-0.39, 0.29) is 5.78 Å². The van der Waals surface area contributed by atoms with Gasteiger partial charge in [0.2, 0.25) is 0 Å². The van der Waals surface area contributed by atoms with E-state index >= 15 is 0 Å². The lowest BCUT2D eigenvalue weighted by Gasteiger charge is -2.15. The van der Waals surface area contributed by atoms with Gasteiger partial charge in [0.05, 0.1) is 5.69 Å². The Kier molecular flexibility index (Phi) is 2.35. The monoisotopic (exact) mass is 253 g/mol. The molecule has 1 aliphatic rings. The molecule has 14 heavy (non-hydrogen) atoms. The van der Waals surface area contributed by atoms with Crippen LogP contribution in [0.5, 0.6) is 0 Å². The molecule has 2 nitrogen and oxygen atoms in total. The summed E-state index contributed by atoms with van der Waals surface area (Å²) in [5.74, 6) is 0.135. The van der Waals surface area contributed by atoms with E-state index in [4.69, 9.17) is 0 Å². The van der Waals surface area contributed by atoms with Gasteiger partial charge in [0.15, 0.2) is 5.78 Å². The zero-order valence-corrected chi connectivity index (χ0v) is 9.89. The highest BCUT2D eigenvalue weighted by molar-refractivity contribution is 9.10. The van der Waals surface area contributed by atoms with Crippen LogP contribution in [0.1, 0.15) is 22.8 Å². The zero-order valence-electron chi connectivity index (χ0n) is 8.30. The lowest BCUT2D eigenvalue weighted by Crippen LogP contribution is -2.15. The maximum Gasteiger partial charge on any atom is 0.161 e. The van der Waals surface area contributed by atoms with E-state index in [1.807, 2.05) is 13.1 Å². The van der Waals surface area contributed by atoms with Gasteiger partial charge in [-0.05, 0) is 31.0 Å². The molecule has 1 aliphatic heterocycles. The number of benzene rings is 1. The fraction of sp³-hybridized carbons (Fsp3) is 0.364. The summed E-state index contributed by atoms with van der Waals surface area (Å²) in [5.41, 5.74) is 3.21. The predicted molar refractivity (Wildman–Crippen MR) is 61.1 cm³/mol. The molecule has 1 aromatic carbocycles. The van der Waals surface area contributed by atoms with E-state index in [0.29, 0.717) is 0 Å². The van der Waals surface area contributed by atoms with Gasteiger partial charge in [0, 0.05) is 23.6 Å². The molecule has 0 fully saturated rings. The minimum atomic E-state index is 0.135. The van der Waals surface area contributed by atoms with Crippen LogP contribution in [0.2, 0.25) is 0 Å². The van der Waals surface area contributed by atoms with Gasteiger partial charge in [-0.1, -0.05) is 15.9 Å². The molecule has 3 heteroatoms. The number of Topliss-reactive ketones (excluding diaryl/α,β-unsaturated/α-hetero) is 1. The molecule has 1 aromatic rings.